The first-order valence-electron chi connectivity index (χ1n) is 6.69. The predicted octanol–water partition coefficient (Wildman–Crippen LogP) is 5.02. The van der Waals surface area contributed by atoms with E-state index in [-0.39, 0.29) is 10.9 Å². The van der Waals surface area contributed by atoms with Crippen molar-refractivity contribution >= 4 is 39.1 Å². The van der Waals surface area contributed by atoms with E-state index in [2.05, 4.69) is 21.2 Å². The van der Waals surface area contributed by atoms with Crippen molar-refractivity contribution in [3.8, 4) is 0 Å². The van der Waals surface area contributed by atoms with Gasteiger partial charge in [-0.25, -0.2) is 4.39 Å². The first-order chi connectivity index (χ1) is 10.1. The van der Waals surface area contributed by atoms with E-state index in [9.17, 15) is 9.18 Å². The molecule has 1 aliphatic carbocycles. The van der Waals surface area contributed by atoms with Gasteiger partial charge in [0.05, 0.1) is 10.7 Å². The molecule has 1 heterocycles. The summed E-state index contributed by atoms with van der Waals surface area (Å²) in [6.07, 6.45) is 5.30. The molecule has 1 saturated carbocycles. The monoisotopic (exact) mass is 370 g/mol. The van der Waals surface area contributed by atoms with E-state index in [0.717, 1.165) is 12.8 Å². The highest BCUT2D eigenvalue weighted by atomic mass is 79.9. The van der Waals surface area contributed by atoms with Crippen molar-refractivity contribution in [3.05, 3.63) is 51.5 Å². The number of anilines is 1. The van der Waals surface area contributed by atoms with Crippen LogP contribution in [0.25, 0.3) is 0 Å². The van der Waals surface area contributed by atoms with Gasteiger partial charge in [-0.05, 0) is 59.5 Å². The molecule has 0 saturated heterocycles. The molecule has 1 aromatic heterocycles. The largest absolute Gasteiger partial charge is 0.340 e. The van der Waals surface area contributed by atoms with Gasteiger partial charge in [0.1, 0.15) is 11.5 Å². The average Bonchev–Trinajstić information content (AvgIpc) is 2.80. The van der Waals surface area contributed by atoms with Crippen LogP contribution in [-0.2, 0) is 0 Å². The second kappa shape index (κ2) is 5.81. The Hall–Kier alpha value is -1.33. The molecule has 0 atom stereocenters. The third-order valence-corrected chi connectivity index (χ3v) is 4.65. The Morgan fingerprint density at radius 3 is 2.81 bits per heavy atom. The fourth-order valence-corrected chi connectivity index (χ4v) is 3.31. The number of carbonyl (C=O) groups excluding carboxylic acids is 1. The zero-order valence-corrected chi connectivity index (χ0v) is 13.4. The number of aromatic nitrogens is 1. The highest BCUT2D eigenvalue weighted by Crippen LogP contribution is 2.34. The van der Waals surface area contributed by atoms with Gasteiger partial charge >= 0.3 is 0 Å². The molecule has 3 nitrogen and oxygen atoms in total. The number of amides is 1. The second-order valence-electron chi connectivity index (χ2n) is 5.08. The third kappa shape index (κ3) is 2.85. The molecule has 1 aliphatic rings. The van der Waals surface area contributed by atoms with Gasteiger partial charge in [0, 0.05) is 16.7 Å². The van der Waals surface area contributed by atoms with Gasteiger partial charge in [-0.15, -0.1) is 0 Å². The van der Waals surface area contributed by atoms with Crippen molar-refractivity contribution < 1.29 is 9.18 Å². The van der Waals surface area contributed by atoms with Crippen LogP contribution in [0.1, 0.15) is 35.8 Å². The Bertz CT molecular complexity index is 674. The van der Waals surface area contributed by atoms with Gasteiger partial charge in [0.15, 0.2) is 0 Å². The maximum absolute atomic E-state index is 13.2. The second-order valence-corrected chi connectivity index (χ2v) is 6.35. The number of hydrogen-bond acceptors (Lipinski definition) is 1. The van der Waals surface area contributed by atoms with E-state index in [1.165, 1.54) is 18.6 Å². The molecule has 21 heavy (non-hydrogen) atoms. The van der Waals surface area contributed by atoms with Gasteiger partial charge in [-0.2, -0.15) is 0 Å². The zero-order valence-electron chi connectivity index (χ0n) is 11.1. The van der Waals surface area contributed by atoms with Gasteiger partial charge < -0.3 is 9.88 Å². The topological polar surface area (TPSA) is 34.0 Å². The molecule has 0 bridgehead atoms. The molecule has 110 valence electrons. The van der Waals surface area contributed by atoms with Crippen molar-refractivity contribution in [1.29, 1.82) is 0 Å². The minimum atomic E-state index is -0.456. The Morgan fingerprint density at radius 1 is 1.43 bits per heavy atom. The first-order valence-corrected chi connectivity index (χ1v) is 7.86. The Labute approximate surface area is 135 Å². The number of halogens is 3. The van der Waals surface area contributed by atoms with Crippen molar-refractivity contribution in [2.75, 3.05) is 5.32 Å². The molecule has 1 aromatic carbocycles. The normalized spacial score (nSPS) is 14.8. The predicted molar refractivity (Wildman–Crippen MR) is 84.4 cm³/mol. The van der Waals surface area contributed by atoms with Crippen LogP contribution >= 0.6 is 27.5 Å². The summed E-state index contributed by atoms with van der Waals surface area (Å²) in [7, 11) is 0. The average molecular weight is 372 g/mol. The highest BCUT2D eigenvalue weighted by Gasteiger charge is 2.23. The van der Waals surface area contributed by atoms with Crippen LogP contribution in [0.2, 0.25) is 5.02 Å². The molecule has 0 spiro atoms. The summed E-state index contributed by atoms with van der Waals surface area (Å²) in [6.45, 7) is 0. The van der Waals surface area contributed by atoms with E-state index in [1.54, 1.807) is 6.07 Å². The third-order valence-electron chi connectivity index (χ3n) is 3.73. The van der Waals surface area contributed by atoms with E-state index in [1.807, 2.05) is 16.8 Å². The summed E-state index contributed by atoms with van der Waals surface area (Å²) in [5.74, 6) is -0.705. The molecule has 1 N–H and O–H groups in total. The molecule has 1 fully saturated rings. The Morgan fingerprint density at radius 2 is 2.19 bits per heavy atom. The number of nitrogens with zero attached hydrogens (tertiary/aromatic N) is 1. The lowest BCUT2D eigenvalue weighted by Crippen LogP contribution is -2.23. The highest BCUT2D eigenvalue weighted by molar-refractivity contribution is 9.10. The van der Waals surface area contributed by atoms with Gasteiger partial charge in [-0.3, -0.25) is 4.79 Å². The van der Waals surface area contributed by atoms with Crippen LogP contribution < -0.4 is 5.32 Å². The molecular weight excluding hydrogens is 359 g/mol. The summed E-state index contributed by atoms with van der Waals surface area (Å²) in [5.41, 5.74) is 0.969. The molecule has 2 aromatic rings. The van der Waals surface area contributed by atoms with E-state index >= 15 is 0 Å². The van der Waals surface area contributed by atoms with Gasteiger partial charge in [-0.1, -0.05) is 11.6 Å². The summed E-state index contributed by atoms with van der Waals surface area (Å²) >= 11 is 9.21. The molecule has 0 radical (unpaired) electrons. The lowest BCUT2D eigenvalue weighted by Gasteiger charge is -2.28. The number of hydrogen-bond donors (Lipinski definition) is 1. The van der Waals surface area contributed by atoms with Crippen LogP contribution in [0.4, 0.5) is 10.1 Å². The summed E-state index contributed by atoms with van der Waals surface area (Å²) in [4.78, 5) is 12.4. The van der Waals surface area contributed by atoms with E-state index in [0.29, 0.717) is 21.9 Å². The fourth-order valence-electron chi connectivity index (χ4n) is 2.41. The fraction of sp³-hybridized carbons (Fsp3) is 0.267. The standard InChI is InChI=1S/C15H13BrClFN2O/c16-11-7-9(18)8-12(17)14(11)19-15(21)13-5-2-6-20(13)10-3-1-4-10/h2,5-8,10H,1,3-4H2,(H,19,21). The quantitative estimate of drug-likeness (QED) is 0.807. The maximum atomic E-state index is 13.2. The minimum Gasteiger partial charge on any atom is -0.340 e. The zero-order chi connectivity index (χ0) is 15.0. The SMILES string of the molecule is O=C(Nc1c(Cl)cc(F)cc1Br)c1cccn1C1CCC1. The number of rotatable bonds is 3. The number of carbonyl (C=O) groups is 1. The number of benzene rings is 1. The number of nitrogens with one attached hydrogen (secondary N) is 1. The maximum Gasteiger partial charge on any atom is 0.272 e. The molecule has 0 unspecified atom stereocenters. The minimum absolute atomic E-state index is 0.164. The smallest absolute Gasteiger partial charge is 0.272 e. The first kappa shape index (κ1) is 14.6. The Balaban J connectivity index is 1.86. The lowest BCUT2D eigenvalue weighted by molar-refractivity contribution is 0.101. The van der Waals surface area contributed by atoms with Gasteiger partial charge in [0.2, 0.25) is 0 Å². The molecular formula is C15H13BrClFN2O. The van der Waals surface area contributed by atoms with Crippen LogP contribution in [0, 0.1) is 5.82 Å². The van der Waals surface area contributed by atoms with Crippen molar-refractivity contribution in [1.82, 2.24) is 4.57 Å². The van der Waals surface area contributed by atoms with Crippen molar-refractivity contribution in [2.45, 2.75) is 25.3 Å². The molecule has 3 rings (SSSR count). The van der Waals surface area contributed by atoms with Crippen LogP contribution in [0.15, 0.2) is 34.9 Å². The molecule has 0 aliphatic heterocycles. The summed E-state index contributed by atoms with van der Waals surface area (Å²) < 4.78 is 15.6. The van der Waals surface area contributed by atoms with E-state index in [4.69, 9.17) is 11.6 Å². The summed E-state index contributed by atoms with van der Waals surface area (Å²) in [6, 6.07) is 6.47. The van der Waals surface area contributed by atoms with Crippen LogP contribution in [-0.4, -0.2) is 10.5 Å². The Kier molecular flexibility index (Phi) is 4.04. The molecule has 1 amide bonds. The van der Waals surface area contributed by atoms with Gasteiger partial charge in [0.25, 0.3) is 5.91 Å². The van der Waals surface area contributed by atoms with Crippen LogP contribution in [0.5, 0.6) is 0 Å². The van der Waals surface area contributed by atoms with Crippen LogP contribution in [0.3, 0.4) is 0 Å². The van der Waals surface area contributed by atoms with Crippen molar-refractivity contribution in [2.24, 2.45) is 0 Å². The summed E-state index contributed by atoms with van der Waals surface area (Å²) in [5, 5.41) is 2.91. The molecule has 6 heteroatoms. The van der Waals surface area contributed by atoms with E-state index < -0.39 is 5.82 Å². The lowest BCUT2D eigenvalue weighted by atomic mass is 9.93. The van der Waals surface area contributed by atoms with Crippen molar-refractivity contribution in [3.63, 3.8) is 0 Å².